The smallest absolute Gasteiger partial charge is 0.389 e. The molecule has 0 aromatic rings. The van der Waals surface area contributed by atoms with Gasteiger partial charge in [-0.3, -0.25) is 4.79 Å². The molecule has 0 saturated heterocycles. The number of carboxylic acids is 1. The molecular formula is C9H16F3NO2. The van der Waals surface area contributed by atoms with Gasteiger partial charge in [-0.2, -0.15) is 13.2 Å². The Kier molecular flexibility index (Phi) is 5.64. The standard InChI is InChI=1S/C9H16F3NO2/c1-6(4-9(10,11)12)2-3-7(5-13)8(14)15/h6-7H,2-5,13H2,1H3,(H,14,15). The summed E-state index contributed by atoms with van der Waals surface area (Å²) in [6.45, 7) is 1.43. The summed E-state index contributed by atoms with van der Waals surface area (Å²) in [7, 11) is 0. The van der Waals surface area contributed by atoms with Gasteiger partial charge in [0.1, 0.15) is 0 Å². The number of halogens is 3. The molecule has 0 radical (unpaired) electrons. The minimum atomic E-state index is -4.18. The minimum absolute atomic E-state index is 0.0337. The van der Waals surface area contributed by atoms with E-state index in [-0.39, 0.29) is 19.4 Å². The van der Waals surface area contributed by atoms with Crippen LogP contribution in [-0.2, 0) is 4.79 Å². The molecule has 0 aliphatic heterocycles. The first kappa shape index (κ1) is 14.2. The van der Waals surface area contributed by atoms with Crippen molar-refractivity contribution >= 4 is 5.97 Å². The summed E-state index contributed by atoms with van der Waals surface area (Å²) >= 11 is 0. The summed E-state index contributed by atoms with van der Waals surface area (Å²) < 4.78 is 35.8. The van der Waals surface area contributed by atoms with Crippen LogP contribution in [0.15, 0.2) is 0 Å². The van der Waals surface area contributed by atoms with E-state index in [9.17, 15) is 18.0 Å². The molecule has 15 heavy (non-hydrogen) atoms. The highest BCUT2D eigenvalue weighted by Gasteiger charge is 2.30. The monoisotopic (exact) mass is 227 g/mol. The van der Waals surface area contributed by atoms with Crippen molar-refractivity contribution in [2.24, 2.45) is 17.6 Å². The van der Waals surface area contributed by atoms with Gasteiger partial charge in [0.25, 0.3) is 0 Å². The van der Waals surface area contributed by atoms with Crippen molar-refractivity contribution in [3.8, 4) is 0 Å². The van der Waals surface area contributed by atoms with Crippen molar-refractivity contribution in [3.05, 3.63) is 0 Å². The molecule has 0 heterocycles. The van der Waals surface area contributed by atoms with Crippen LogP contribution in [0, 0.1) is 11.8 Å². The molecule has 6 heteroatoms. The van der Waals surface area contributed by atoms with Crippen LogP contribution < -0.4 is 5.73 Å². The van der Waals surface area contributed by atoms with Gasteiger partial charge in [0.05, 0.1) is 5.92 Å². The van der Waals surface area contributed by atoms with Crippen molar-refractivity contribution in [1.82, 2.24) is 0 Å². The highest BCUT2D eigenvalue weighted by atomic mass is 19.4. The minimum Gasteiger partial charge on any atom is -0.481 e. The number of alkyl halides is 3. The second-order valence-electron chi connectivity index (χ2n) is 3.77. The van der Waals surface area contributed by atoms with Gasteiger partial charge in [0.2, 0.25) is 0 Å². The number of aliphatic carboxylic acids is 1. The maximum Gasteiger partial charge on any atom is 0.389 e. The molecular weight excluding hydrogens is 211 g/mol. The van der Waals surface area contributed by atoms with E-state index in [2.05, 4.69) is 0 Å². The SMILES string of the molecule is CC(CCC(CN)C(=O)O)CC(F)(F)F. The number of rotatable bonds is 6. The second kappa shape index (κ2) is 5.95. The molecule has 0 aromatic heterocycles. The van der Waals surface area contributed by atoms with Gasteiger partial charge < -0.3 is 10.8 Å². The predicted molar refractivity (Wildman–Crippen MR) is 49.3 cm³/mol. The van der Waals surface area contributed by atoms with Crippen molar-refractivity contribution in [2.75, 3.05) is 6.54 Å². The topological polar surface area (TPSA) is 63.3 Å². The molecule has 0 spiro atoms. The fourth-order valence-electron chi connectivity index (χ4n) is 1.33. The lowest BCUT2D eigenvalue weighted by molar-refractivity contribution is -0.144. The average Bonchev–Trinajstić information content (AvgIpc) is 2.01. The maximum atomic E-state index is 11.9. The van der Waals surface area contributed by atoms with E-state index >= 15 is 0 Å². The van der Waals surface area contributed by atoms with Crippen LogP contribution >= 0.6 is 0 Å². The molecule has 0 bridgehead atoms. The summed E-state index contributed by atoms with van der Waals surface area (Å²) in [6, 6.07) is 0. The quantitative estimate of drug-likeness (QED) is 0.729. The number of hydrogen-bond donors (Lipinski definition) is 2. The molecule has 0 amide bonds. The van der Waals surface area contributed by atoms with Gasteiger partial charge in [-0.1, -0.05) is 6.92 Å². The molecule has 0 aliphatic rings. The molecule has 3 nitrogen and oxygen atoms in total. The van der Waals surface area contributed by atoms with Crippen LogP contribution in [0.4, 0.5) is 13.2 Å². The lowest BCUT2D eigenvalue weighted by Gasteiger charge is -2.16. The van der Waals surface area contributed by atoms with Crippen molar-refractivity contribution in [3.63, 3.8) is 0 Å². The Morgan fingerprint density at radius 2 is 1.93 bits per heavy atom. The van der Waals surface area contributed by atoms with Gasteiger partial charge in [-0.05, 0) is 18.8 Å². The Balaban J connectivity index is 3.88. The molecule has 0 rings (SSSR count). The van der Waals surface area contributed by atoms with Crippen molar-refractivity contribution < 1.29 is 23.1 Å². The Hall–Kier alpha value is -0.780. The Labute approximate surface area is 86.5 Å². The van der Waals surface area contributed by atoms with Gasteiger partial charge in [0.15, 0.2) is 0 Å². The first-order valence-corrected chi connectivity index (χ1v) is 4.76. The summed E-state index contributed by atoms with van der Waals surface area (Å²) in [5.74, 6) is -2.34. The Morgan fingerprint density at radius 1 is 1.40 bits per heavy atom. The van der Waals surface area contributed by atoms with Crippen LogP contribution in [0.1, 0.15) is 26.2 Å². The molecule has 0 fully saturated rings. The van der Waals surface area contributed by atoms with Gasteiger partial charge in [-0.15, -0.1) is 0 Å². The second-order valence-corrected chi connectivity index (χ2v) is 3.77. The van der Waals surface area contributed by atoms with E-state index in [1.807, 2.05) is 0 Å². The number of nitrogens with two attached hydrogens (primary N) is 1. The predicted octanol–water partition coefficient (Wildman–Crippen LogP) is 2.01. The first-order valence-electron chi connectivity index (χ1n) is 4.76. The molecule has 90 valence electrons. The van der Waals surface area contributed by atoms with E-state index in [1.165, 1.54) is 6.92 Å². The number of carboxylic acid groups (broad SMARTS) is 1. The number of hydrogen-bond acceptors (Lipinski definition) is 2. The fourth-order valence-corrected chi connectivity index (χ4v) is 1.33. The van der Waals surface area contributed by atoms with Crippen molar-refractivity contribution in [1.29, 1.82) is 0 Å². The van der Waals surface area contributed by atoms with E-state index in [0.29, 0.717) is 0 Å². The Bertz CT molecular complexity index is 206. The Morgan fingerprint density at radius 3 is 2.27 bits per heavy atom. The van der Waals surface area contributed by atoms with Crippen LogP contribution in [-0.4, -0.2) is 23.8 Å². The average molecular weight is 227 g/mol. The van der Waals surface area contributed by atoms with Crippen LogP contribution in [0.2, 0.25) is 0 Å². The fraction of sp³-hybridized carbons (Fsp3) is 0.889. The van der Waals surface area contributed by atoms with Crippen LogP contribution in [0.25, 0.3) is 0 Å². The lowest BCUT2D eigenvalue weighted by Crippen LogP contribution is -2.24. The molecule has 2 unspecified atom stereocenters. The largest absolute Gasteiger partial charge is 0.481 e. The lowest BCUT2D eigenvalue weighted by atomic mass is 9.95. The summed E-state index contributed by atoms with van der Waals surface area (Å²) in [6.07, 6.45) is -4.62. The molecule has 0 saturated carbocycles. The zero-order valence-electron chi connectivity index (χ0n) is 8.55. The zero-order chi connectivity index (χ0) is 12.1. The van der Waals surface area contributed by atoms with E-state index in [0.717, 1.165) is 0 Å². The summed E-state index contributed by atoms with van der Waals surface area (Å²) in [4.78, 5) is 10.5. The van der Waals surface area contributed by atoms with Gasteiger partial charge in [-0.25, -0.2) is 0 Å². The number of carbonyl (C=O) groups is 1. The first-order chi connectivity index (χ1) is 6.76. The van der Waals surface area contributed by atoms with Crippen molar-refractivity contribution in [2.45, 2.75) is 32.4 Å². The molecule has 2 atom stereocenters. The zero-order valence-corrected chi connectivity index (χ0v) is 8.55. The highest BCUT2D eigenvalue weighted by Crippen LogP contribution is 2.27. The normalized spacial score (nSPS) is 16.1. The van der Waals surface area contributed by atoms with E-state index < -0.39 is 30.4 Å². The maximum absolute atomic E-state index is 11.9. The third-order valence-corrected chi connectivity index (χ3v) is 2.22. The molecule has 0 aromatic carbocycles. The summed E-state index contributed by atoms with van der Waals surface area (Å²) in [5.41, 5.74) is 5.18. The summed E-state index contributed by atoms with van der Waals surface area (Å²) in [5, 5.41) is 8.62. The highest BCUT2D eigenvalue weighted by molar-refractivity contribution is 5.70. The molecule has 3 N–H and O–H groups in total. The van der Waals surface area contributed by atoms with Gasteiger partial charge in [0, 0.05) is 13.0 Å². The van der Waals surface area contributed by atoms with E-state index in [4.69, 9.17) is 10.8 Å². The third-order valence-electron chi connectivity index (χ3n) is 2.22. The van der Waals surface area contributed by atoms with E-state index in [1.54, 1.807) is 0 Å². The van der Waals surface area contributed by atoms with Crippen LogP contribution in [0.5, 0.6) is 0 Å². The third kappa shape index (κ3) is 7.18. The van der Waals surface area contributed by atoms with Crippen LogP contribution in [0.3, 0.4) is 0 Å². The molecule has 0 aliphatic carbocycles. The van der Waals surface area contributed by atoms with Gasteiger partial charge >= 0.3 is 12.1 Å².